The molecule has 0 N–H and O–H groups in total. The summed E-state index contributed by atoms with van der Waals surface area (Å²) in [5.41, 5.74) is 26.7. The summed E-state index contributed by atoms with van der Waals surface area (Å²) in [5, 5.41) is 5.24. The summed E-state index contributed by atoms with van der Waals surface area (Å²) >= 11 is 0. The van der Waals surface area contributed by atoms with E-state index in [0.29, 0.717) is 0 Å². The van der Waals surface area contributed by atoms with Gasteiger partial charge in [0.15, 0.2) is 0 Å². The summed E-state index contributed by atoms with van der Waals surface area (Å²) in [7, 11) is 16.2. The van der Waals surface area contributed by atoms with Gasteiger partial charge >= 0.3 is 0 Å². The van der Waals surface area contributed by atoms with Crippen LogP contribution in [0.15, 0.2) is 176 Å². The van der Waals surface area contributed by atoms with Gasteiger partial charge in [-0.2, -0.15) is 0 Å². The van der Waals surface area contributed by atoms with E-state index in [2.05, 4.69) is 240 Å². The molecule has 0 radical (unpaired) electrons. The van der Waals surface area contributed by atoms with E-state index in [1.807, 2.05) is 0 Å². The molecular weight excluding hydrogens is 752 g/mol. The minimum absolute atomic E-state index is 1.14. The number of para-hydroxylation sites is 2. The summed E-state index contributed by atoms with van der Waals surface area (Å²) < 4.78 is 5.03. The second kappa shape index (κ2) is 15.1. The molecule has 2 aromatic heterocycles. The second-order valence-electron chi connectivity index (χ2n) is 17.5. The molecule has 0 amide bonds. The fourth-order valence-electron chi connectivity index (χ4n) is 10.6. The number of aromatic nitrogens is 2. The van der Waals surface area contributed by atoms with Crippen LogP contribution >= 0.6 is 0 Å². The Morgan fingerprint density at radius 1 is 0.286 bits per heavy atom. The Morgan fingerprint density at radius 3 is 1.38 bits per heavy atom. The predicted molar refractivity (Wildman–Crippen MR) is 294 cm³/mol. The second-order valence-corrected chi connectivity index (χ2v) is 17.5. The highest BCUT2D eigenvalue weighted by molar-refractivity contribution is 6.69. The number of nitrogens with zero attached hydrogens (tertiary/aromatic N) is 2. The van der Waals surface area contributed by atoms with E-state index in [9.17, 15) is 0 Å². The Kier molecular flexibility index (Phi) is 9.35. The first kappa shape index (κ1) is 38.9. The summed E-state index contributed by atoms with van der Waals surface area (Å²) in [6.45, 7) is 0. The normalized spacial score (nSPS) is 11.6. The van der Waals surface area contributed by atoms with Crippen molar-refractivity contribution in [1.82, 2.24) is 9.13 Å². The zero-order chi connectivity index (χ0) is 43.1. The molecular formula is C54H43B7N2. The van der Waals surface area contributed by atoms with Gasteiger partial charge in [-0.25, -0.2) is 0 Å². The first-order chi connectivity index (χ1) is 30.7. The van der Waals surface area contributed by atoms with Gasteiger partial charge in [0.05, 0.1) is 11.0 Å². The van der Waals surface area contributed by atoms with Crippen LogP contribution in [0.5, 0.6) is 0 Å². The Morgan fingerprint density at radius 2 is 0.762 bits per heavy atom. The van der Waals surface area contributed by atoms with Crippen LogP contribution in [0.3, 0.4) is 0 Å². The van der Waals surface area contributed by atoms with Crippen molar-refractivity contribution in [3.05, 3.63) is 176 Å². The molecule has 0 bridgehead atoms. The van der Waals surface area contributed by atoms with E-state index in [0.717, 1.165) is 5.69 Å². The third kappa shape index (κ3) is 6.04. The van der Waals surface area contributed by atoms with Gasteiger partial charge in [-0.15, -0.1) is 5.46 Å². The molecule has 0 aliphatic heterocycles. The fraction of sp³-hybridized carbons (Fsp3) is 0. The maximum Gasteiger partial charge on any atom is 0.141 e. The molecule has 0 atom stereocenters. The van der Waals surface area contributed by atoms with Crippen molar-refractivity contribution in [1.29, 1.82) is 0 Å². The molecule has 0 unspecified atom stereocenters. The zero-order valence-corrected chi connectivity index (χ0v) is 37.1. The molecule has 11 aromatic rings. The average Bonchev–Trinajstić information content (AvgIpc) is 3.87. The van der Waals surface area contributed by atoms with E-state index in [-0.39, 0.29) is 0 Å². The van der Waals surface area contributed by atoms with Gasteiger partial charge < -0.3 is 9.13 Å². The lowest BCUT2D eigenvalue weighted by atomic mass is 9.64. The quantitative estimate of drug-likeness (QED) is 0.229. The van der Waals surface area contributed by atoms with Crippen molar-refractivity contribution >= 4 is 137 Å². The first-order valence-corrected chi connectivity index (χ1v) is 22.2. The standard InChI is InChI=1S/C54H43B7N2/c55-45-42(46(56)50(60)53-43(45)44-47(57)48(58)49(59)51(61)54(44)63(53)36-15-8-3-9-16-36)35-25-28-41-40(29-35)39-18-10-17-38(34-13-6-2-7-14-34)52(39)62(41)37-26-23-33(24-27-37)32-21-19-31(20-22-32)30-11-4-1-5-12-30/h1-29H,55-61H2. The van der Waals surface area contributed by atoms with E-state index < -0.39 is 0 Å². The van der Waals surface area contributed by atoms with Gasteiger partial charge in [0.25, 0.3) is 0 Å². The number of rotatable bonds is 6. The summed E-state index contributed by atoms with van der Waals surface area (Å²) in [6.07, 6.45) is 0. The lowest BCUT2D eigenvalue weighted by Crippen LogP contribution is -2.48. The Hall–Kier alpha value is -6.97. The molecule has 0 spiro atoms. The van der Waals surface area contributed by atoms with Crippen LogP contribution in [0.25, 0.3) is 99.5 Å². The molecule has 0 aliphatic rings. The van der Waals surface area contributed by atoms with Crippen LogP contribution in [-0.2, 0) is 0 Å². The molecule has 9 heteroatoms. The van der Waals surface area contributed by atoms with E-state index in [1.165, 1.54) is 132 Å². The van der Waals surface area contributed by atoms with Crippen LogP contribution in [0.2, 0.25) is 0 Å². The molecule has 0 aliphatic carbocycles. The lowest BCUT2D eigenvalue weighted by molar-refractivity contribution is 1.18. The Bertz CT molecular complexity index is 3600. The van der Waals surface area contributed by atoms with Crippen LogP contribution in [0, 0.1) is 0 Å². The molecule has 9 aromatic carbocycles. The summed E-state index contributed by atoms with van der Waals surface area (Å²) in [6, 6.07) is 64.4. The lowest BCUT2D eigenvalue weighted by Gasteiger charge is -2.19. The largest absolute Gasteiger partial charge is 0.310 e. The van der Waals surface area contributed by atoms with Crippen molar-refractivity contribution in [2.24, 2.45) is 0 Å². The smallest absolute Gasteiger partial charge is 0.141 e. The number of fused-ring (bicyclic) bond motifs is 6. The van der Waals surface area contributed by atoms with Crippen LogP contribution < -0.4 is 38.2 Å². The van der Waals surface area contributed by atoms with Gasteiger partial charge in [0.1, 0.15) is 54.9 Å². The van der Waals surface area contributed by atoms with E-state index in [1.54, 1.807) is 0 Å². The third-order valence-electron chi connectivity index (χ3n) is 14.3. The van der Waals surface area contributed by atoms with Crippen molar-refractivity contribution in [2.45, 2.75) is 0 Å². The number of benzene rings is 9. The molecule has 2 nitrogen and oxygen atoms in total. The minimum atomic E-state index is 1.14. The van der Waals surface area contributed by atoms with E-state index in [4.69, 9.17) is 0 Å². The van der Waals surface area contributed by atoms with Gasteiger partial charge in [0, 0.05) is 44.1 Å². The summed E-state index contributed by atoms with van der Waals surface area (Å²) in [5.74, 6) is 0. The predicted octanol–water partition coefficient (Wildman–Crippen LogP) is 2.36. The highest BCUT2D eigenvalue weighted by atomic mass is 15.0. The van der Waals surface area contributed by atoms with Crippen molar-refractivity contribution in [3.8, 4) is 55.9 Å². The monoisotopic (exact) mass is 796 g/mol. The van der Waals surface area contributed by atoms with Gasteiger partial charge in [0.2, 0.25) is 0 Å². The Balaban J connectivity index is 1.13. The zero-order valence-electron chi connectivity index (χ0n) is 37.1. The van der Waals surface area contributed by atoms with Crippen LogP contribution in [0.1, 0.15) is 0 Å². The van der Waals surface area contributed by atoms with E-state index >= 15 is 0 Å². The van der Waals surface area contributed by atoms with Crippen molar-refractivity contribution < 1.29 is 0 Å². The molecule has 290 valence electrons. The van der Waals surface area contributed by atoms with Gasteiger partial charge in [-0.05, 0) is 80.7 Å². The highest BCUT2D eigenvalue weighted by Crippen LogP contribution is 2.40. The minimum Gasteiger partial charge on any atom is -0.310 e. The summed E-state index contributed by atoms with van der Waals surface area (Å²) in [4.78, 5) is 0. The SMILES string of the molecule is Bc1c(B)c(B)c2c(c1B)c1c(B)c(-c3ccc4c(c3)c3cccc(-c5ccccc5)c3n4-c3ccc(-c4ccc(-c5ccccc5)cc4)cc3)c(B)c(B)c1n2-c1ccccc1. The highest BCUT2D eigenvalue weighted by Gasteiger charge is 2.25. The number of hydrogen-bond donors (Lipinski definition) is 0. The molecule has 0 fully saturated rings. The maximum atomic E-state index is 2.55. The van der Waals surface area contributed by atoms with Crippen molar-refractivity contribution in [3.63, 3.8) is 0 Å². The van der Waals surface area contributed by atoms with Crippen LogP contribution in [-0.4, -0.2) is 64.1 Å². The molecule has 0 saturated carbocycles. The Labute approximate surface area is 375 Å². The fourth-order valence-corrected chi connectivity index (χ4v) is 10.6. The van der Waals surface area contributed by atoms with Crippen molar-refractivity contribution in [2.75, 3.05) is 0 Å². The molecule has 11 rings (SSSR count). The third-order valence-corrected chi connectivity index (χ3v) is 14.3. The molecule has 63 heavy (non-hydrogen) atoms. The van der Waals surface area contributed by atoms with Gasteiger partial charge in [-0.1, -0.05) is 172 Å². The number of hydrogen-bond acceptors (Lipinski definition) is 0. The molecule has 2 heterocycles. The topological polar surface area (TPSA) is 9.86 Å². The van der Waals surface area contributed by atoms with Gasteiger partial charge in [-0.3, -0.25) is 0 Å². The van der Waals surface area contributed by atoms with Crippen LogP contribution in [0.4, 0.5) is 0 Å². The average molecular weight is 796 g/mol. The molecule has 0 saturated heterocycles. The first-order valence-electron chi connectivity index (χ1n) is 22.2. The maximum absolute atomic E-state index is 2.55.